The van der Waals surface area contributed by atoms with Gasteiger partial charge in [0, 0.05) is 25.3 Å². The van der Waals surface area contributed by atoms with Gasteiger partial charge >= 0.3 is 6.61 Å². The van der Waals surface area contributed by atoms with Crippen molar-refractivity contribution in [2.75, 3.05) is 25.5 Å². The third kappa shape index (κ3) is 4.29. The fraction of sp³-hybridized carbons (Fsp3) is 0.316. The number of ether oxygens (including phenoxy) is 1. The van der Waals surface area contributed by atoms with E-state index in [0.29, 0.717) is 16.9 Å². The molecule has 138 valence electrons. The minimum atomic E-state index is -2.85. The smallest absolute Gasteiger partial charge is 0.387 e. The monoisotopic (exact) mass is 361 g/mol. The summed E-state index contributed by atoms with van der Waals surface area (Å²) in [5, 5.41) is 6.43. The van der Waals surface area contributed by atoms with Gasteiger partial charge in [-0.25, -0.2) is 0 Å². The van der Waals surface area contributed by atoms with Crippen LogP contribution < -0.4 is 15.4 Å². The summed E-state index contributed by atoms with van der Waals surface area (Å²) in [7, 11) is 1.81. The molecule has 1 saturated heterocycles. The molecule has 0 aliphatic carbocycles. The van der Waals surface area contributed by atoms with E-state index in [9.17, 15) is 13.6 Å². The maximum absolute atomic E-state index is 12.9. The minimum Gasteiger partial charge on any atom is -0.435 e. The quantitative estimate of drug-likeness (QED) is 0.827. The highest BCUT2D eigenvalue weighted by molar-refractivity contribution is 6.00. The number of hydrogen-bond donors (Lipinski definition) is 2. The van der Waals surface area contributed by atoms with E-state index in [2.05, 4.69) is 15.4 Å². The summed E-state index contributed by atoms with van der Waals surface area (Å²) in [5.74, 6) is 0.0304. The number of para-hydroxylation sites is 1. The van der Waals surface area contributed by atoms with E-state index in [1.54, 1.807) is 23.1 Å². The molecule has 26 heavy (non-hydrogen) atoms. The maximum Gasteiger partial charge on any atom is 0.387 e. The molecule has 7 heteroatoms. The molecule has 2 aromatic rings. The van der Waals surface area contributed by atoms with Gasteiger partial charge in [0.1, 0.15) is 5.75 Å². The second kappa shape index (κ2) is 8.14. The number of carbonyl (C=O) groups is 1. The van der Waals surface area contributed by atoms with E-state index in [1.807, 2.05) is 25.2 Å². The lowest BCUT2D eigenvalue weighted by atomic mass is 10.1. The van der Waals surface area contributed by atoms with Crippen molar-refractivity contribution in [1.82, 2.24) is 10.2 Å². The van der Waals surface area contributed by atoms with Gasteiger partial charge in [-0.3, -0.25) is 4.79 Å². The van der Waals surface area contributed by atoms with Gasteiger partial charge in [0.05, 0.1) is 11.3 Å². The third-order valence-electron chi connectivity index (χ3n) is 4.42. The van der Waals surface area contributed by atoms with Gasteiger partial charge in [-0.2, -0.15) is 8.78 Å². The molecule has 0 bridgehead atoms. The average molecular weight is 361 g/mol. The Kier molecular flexibility index (Phi) is 5.68. The van der Waals surface area contributed by atoms with Crippen molar-refractivity contribution in [1.29, 1.82) is 0 Å². The fourth-order valence-electron chi connectivity index (χ4n) is 2.98. The molecule has 0 saturated carbocycles. The molecule has 1 heterocycles. The Morgan fingerprint density at radius 2 is 1.96 bits per heavy atom. The van der Waals surface area contributed by atoms with Gasteiger partial charge in [-0.1, -0.05) is 12.1 Å². The van der Waals surface area contributed by atoms with Crippen LogP contribution in [-0.4, -0.2) is 43.6 Å². The molecule has 1 unspecified atom stereocenters. The first-order valence-corrected chi connectivity index (χ1v) is 8.43. The molecule has 2 N–H and O–H groups in total. The van der Waals surface area contributed by atoms with Gasteiger partial charge in [0.15, 0.2) is 0 Å². The minimum absolute atomic E-state index is 0.0561. The Hall–Kier alpha value is -2.67. The van der Waals surface area contributed by atoms with E-state index < -0.39 is 6.61 Å². The zero-order chi connectivity index (χ0) is 18.5. The summed E-state index contributed by atoms with van der Waals surface area (Å²) in [4.78, 5) is 14.6. The molecule has 0 spiro atoms. The number of carbonyl (C=O) groups excluding carboxylic acids is 1. The van der Waals surface area contributed by atoms with Gasteiger partial charge in [0.2, 0.25) is 0 Å². The molecule has 1 aliphatic rings. The first-order chi connectivity index (χ1) is 12.5. The molecule has 1 amide bonds. The average Bonchev–Trinajstić information content (AvgIpc) is 3.17. The molecule has 3 rings (SSSR count). The van der Waals surface area contributed by atoms with E-state index in [1.165, 1.54) is 12.1 Å². The number of rotatable bonds is 6. The summed E-state index contributed by atoms with van der Waals surface area (Å²) in [6.07, 6.45) is 0.934. The normalized spacial score (nSPS) is 16.5. The highest BCUT2D eigenvalue weighted by Gasteiger charge is 2.25. The highest BCUT2D eigenvalue weighted by Crippen LogP contribution is 2.25. The Labute approximate surface area is 151 Å². The first kappa shape index (κ1) is 18.1. The Bertz CT molecular complexity index is 747. The predicted octanol–water partition coefficient (Wildman–Crippen LogP) is 3.47. The van der Waals surface area contributed by atoms with E-state index >= 15 is 0 Å². The first-order valence-electron chi connectivity index (χ1n) is 8.43. The zero-order valence-electron chi connectivity index (χ0n) is 14.4. The van der Waals surface area contributed by atoms with Crippen LogP contribution >= 0.6 is 0 Å². The van der Waals surface area contributed by atoms with Gasteiger partial charge in [0.25, 0.3) is 5.91 Å². The third-order valence-corrected chi connectivity index (χ3v) is 4.42. The van der Waals surface area contributed by atoms with Crippen LogP contribution in [0.3, 0.4) is 0 Å². The van der Waals surface area contributed by atoms with Crippen LogP contribution in [0.25, 0.3) is 0 Å². The van der Waals surface area contributed by atoms with Gasteiger partial charge in [-0.15, -0.1) is 0 Å². The summed E-state index contributed by atoms with van der Waals surface area (Å²) < 4.78 is 28.8. The summed E-state index contributed by atoms with van der Waals surface area (Å²) in [6, 6.07) is 13.6. The van der Waals surface area contributed by atoms with Crippen molar-refractivity contribution in [3.8, 4) is 5.75 Å². The second-order valence-corrected chi connectivity index (χ2v) is 6.14. The van der Waals surface area contributed by atoms with Crippen molar-refractivity contribution in [2.24, 2.45) is 0 Å². The topological polar surface area (TPSA) is 53.6 Å². The van der Waals surface area contributed by atoms with Crippen molar-refractivity contribution >= 4 is 17.3 Å². The molecule has 1 fully saturated rings. The Balaban J connectivity index is 1.75. The van der Waals surface area contributed by atoms with Crippen LogP contribution in [0.5, 0.6) is 5.75 Å². The Morgan fingerprint density at radius 3 is 2.62 bits per heavy atom. The van der Waals surface area contributed by atoms with Crippen LogP contribution in [0.15, 0.2) is 48.5 Å². The molecular weight excluding hydrogens is 340 g/mol. The number of alkyl halides is 2. The lowest BCUT2D eigenvalue weighted by Gasteiger charge is -2.25. The van der Waals surface area contributed by atoms with Gasteiger partial charge in [-0.05, 0) is 49.4 Å². The number of likely N-dealkylation sites (N-methyl/N-ethyl adjacent to an activating group) is 1. The predicted molar refractivity (Wildman–Crippen MR) is 96.2 cm³/mol. The molecule has 2 aromatic carbocycles. The number of hydrogen-bond acceptors (Lipinski definition) is 4. The van der Waals surface area contributed by atoms with Crippen molar-refractivity contribution < 1.29 is 18.3 Å². The SMILES string of the molecule is CN(C(=O)c1ccccc1Nc1ccc(OC(F)F)cc1)C1CCNC1. The molecule has 1 aliphatic heterocycles. The number of benzene rings is 2. The van der Waals surface area contributed by atoms with E-state index in [0.717, 1.165) is 19.5 Å². The largest absolute Gasteiger partial charge is 0.435 e. The summed E-state index contributed by atoms with van der Waals surface area (Å²) in [6.45, 7) is -1.15. The summed E-state index contributed by atoms with van der Waals surface area (Å²) >= 11 is 0. The highest BCUT2D eigenvalue weighted by atomic mass is 19.3. The lowest BCUT2D eigenvalue weighted by Crippen LogP contribution is -2.38. The van der Waals surface area contributed by atoms with Crippen LogP contribution in [0.4, 0.5) is 20.2 Å². The van der Waals surface area contributed by atoms with Crippen LogP contribution in [0.1, 0.15) is 16.8 Å². The van der Waals surface area contributed by atoms with Gasteiger partial charge < -0.3 is 20.3 Å². The lowest BCUT2D eigenvalue weighted by molar-refractivity contribution is -0.0498. The second-order valence-electron chi connectivity index (χ2n) is 6.14. The van der Waals surface area contributed by atoms with E-state index in [4.69, 9.17) is 0 Å². The van der Waals surface area contributed by atoms with Crippen LogP contribution in [0.2, 0.25) is 0 Å². The van der Waals surface area contributed by atoms with Crippen molar-refractivity contribution in [2.45, 2.75) is 19.1 Å². The molecule has 0 radical (unpaired) electrons. The van der Waals surface area contributed by atoms with Crippen molar-refractivity contribution in [3.05, 3.63) is 54.1 Å². The van der Waals surface area contributed by atoms with Crippen molar-refractivity contribution in [3.63, 3.8) is 0 Å². The van der Waals surface area contributed by atoms with E-state index in [-0.39, 0.29) is 17.7 Å². The molecule has 0 aromatic heterocycles. The number of nitrogens with zero attached hydrogens (tertiary/aromatic N) is 1. The summed E-state index contributed by atoms with van der Waals surface area (Å²) in [5.41, 5.74) is 1.91. The Morgan fingerprint density at radius 1 is 1.23 bits per heavy atom. The fourth-order valence-corrected chi connectivity index (χ4v) is 2.98. The zero-order valence-corrected chi connectivity index (χ0v) is 14.4. The number of halogens is 2. The maximum atomic E-state index is 12.9. The number of amides is 1. The van der Waals surface area contributed by atoms with Crippen LogP contribution in [-0.2, 0) is 0 Å². The molecule has 5 nitrogen and oxygen atoms in total. The number of anilines is 2. The molecular formula is C19H21F2N3O2. The number of nitrogens with one attached hydrogen (secondary N) is 2. The standard InChI is InChI=1S/C19H21F2N3O2/c1-24(14-10-11-22-12-14)18(25)16-4-2-3-5-17(16)23-13-6-8-15(9-7-13)26-19(20)21/h2-9,14,19,22-23H,10-12H2,1H3. The van der Waals surface area contributed by atoms with Crippen LogP contribution in [0, 0.1) is 0 Å². The molecule has 1 atom stereocenters.